The summed E-state index contributed by atoms with van der Waals surface area (Å²) in [7, 11) is 0. The number of aliphatic imine (C=N–C) groups is 1. The molecule has 170 valence electrons. The standard InChI is InChI=1S/C27H29FN4O/c1-2-21-9-8-13-24(19-21)29-27(30-26(33)22-10-4-3-5-11-22)32-17-15-31(16-18-32)20-23-12-6-7-14-25(23)28/h3-14,19H,2,15-18,20H2,1H3,(H,29,30,33). The number of amides is 1. The van der Waals surface area contributed by atoms with E-state index < -0.39 is 0 Å². The maximum atomic E-state index is 14.1. The minimum atomic E-state index is -0.185. The minimum Gasteiger partial charge on any atom is -0.340 e. The zero-order valence-corrected chi connectivity index (χ0v) is 18.9. The van der Waals surface area contributed by atoms with Crippen LogP contribution in [0.15, 0.2) is 83.9 Å². The monoisotopic (exact) mass is 444 g/mol. The van der Waals surface area contributed by atoms with Crippen molar-refractivity contribution in [2.24, 2.45) is 4.99 Å². The molecule has 0 spiro atoms. The Morgan fingerprint density at radius 1 is 0.939 bits per heavy atom. The maximum Gasteiger partial charge on any atom is 0.257 e. The number of hydrogen-bond acceptors (Lipinski definition) is 3. The van der Waals surface area contributed by atoms with Crippen LogP contribution in [0.3, 0.4) is 0 Å². The second kappa shape index (κ2) is 10.9. The molecule has 6 heteroatoms. The van der Waals surface area contributed by atoms with Crippen molar-refractivity contribution in [3.8, 4) is 0 Å². The average molecular weight is 445 g/mol. The van der Waals surface area contributed by atoms with Gasteiger partial charge in [-0.3, -0.25) is 15.0 Å². The Labute approximate surface area is 194 Å². The molecular formula is C27H29FN4O. The second-order valence-electron chi connectivity index (χ2n) is 8.13. The smallest absolute Gasteiger partial charge is 0.257 e. The predicted molar refractivity (Wildman–Crippen MR) is 130 cm³/mol. The van der Waals surface area contributed by atoms with Crippen molar-refractivity contribution in [3.63, 3.8) is 0 Å². The Hall–Kier alpha value is -3.51. The van der Waals surface area contributed by atoms with Gasteiger partial charge in [0, 0.05) is 43.9 Å². The topological polar surface area (TPSA) is 47.9 Å². The van der Waals surface area contributed by atoms with Crippen molar-refractivity contribution in [2.45, 2.75) is 19.9 Å². The number of carbonyl (C=O) groups excluding carboxylic acids is 1. The van der Waals surface area contributed by atoms with Crippen molar-refractivity contribution in [1.29, 1.82) is 0 Å². The van der Waals surface area contributed by atoms with Crippen LogP contribution in [0, 0.1) is 5.82 Å². The number of nitrogens with zero attached hydrogens (tertiary/aromatic N) is 3. The number of nitrogens with one attached hydrogen (secondary N) is 1. The molecule has 0 aromatic heterocycles. The minimum absolute atomic E-state index is 0.173. The van der Waals surface area contributed by atoms with Crippen molar-refractivity contribution in [2.75, 3.05) is 26.2 Å². The van der Waals surface area contributed by atoms with E-state index in [1.165, 1.54) is 11.6 Å². The first-order chi connectivity index (χ1) is 16.1. The van der Waals surface area contributed by atoms with E-state index >= 15 is 0 Å². The van der Waals surface area contributed by atoms with Gasteiger partial charge in [0.25, 0.3) is 5.91 Å². The van der Waals surface area contributed by atoms with Crippen molar-refractivity contribution in [3.05, 3.63) is 101 Å². The van der Waals surface area contributed by atoms with Gasteiger partial charge in [0.2, 0.25) is 5.96 Å². The van der Waals surface area contributed by atoms with Crippen LogP contribution >= 0.6 is 0 Å². The summed E-state index contributed by atoms with van der Waals surface area (Å²) in [4.78, 5) is 22.0. The lowest BCUT2D eigenvalue weighted by atomic mass is 10.1. The predicted octanol–water partition coefficient (Wildman–Crippen LogP) is 4.62. The fourth-order valence-corrected chi connectivity index (χ4v) is 3.89. The zero-order chi connectivity index (χ0) is 23.0. The molecule has 3 aromatic carbocycles. The molecule has 0 radical (unpaired) electrons. The number of benzene rings is 3. The Balaban J connectivity index is 1.50. The Kier molecular flexibility index (Phi) is 7.47. The summed E-state index contributed by atoms with van der Waals surface area (Å²) in [5.41, 5.74) is 3.30. The van der Waals surface area contributed by atoms with Crippen LogP contribution in [0.1, 0.15) is 28.4 Å². The average Bonchev–Trinajstić information content (AvgIpc) is 2.86. The fraction of sp³-hybridized carbons (Fsp3) is 0.259. The number of piperazine rings is 1. The quantitative estimate of drug-likeness (QED) is 0.461. The molecule has 1 N–H and O–H groups in total. The SMILES string of the molecule is CCc1cccc(N=C(NC(=O)c2ccccc2)N2CCN(Cc3ccccc3F)CC2)c1. The van der Waals surface area contributed by atoms with E-state index in [0.29, 0.717) is 36.7 Å². The lowest BCUT2D eigenvalue weighted by Crippen LogP contribution is -2.53. The van der Waals surface area contributed by atoms with E-state index in [4.69, 9.17) is 4.99 Å². The Bertz CT molecular complexity index is 1110. The van der Waals surface area contributed by atoms with Gasteiger partial charge in [-0.05, 0) is 42.3 Å². The molecule has 0 unspecified atom stereocenters. The Morgan fingerprint density at radius 3 is 2.39 bits per heavy atom. The summed E-state index contributed by atoms with van der Waals surface area (Å²) < 4.78 is 14.1. The van der Waals surface area contributed by atoms with E-state index in [0.717, 1.165) is 25.2 Å². The van der Waals surface area contributed by atoms with E-state index in [-0.39, 0.29) is 11.7 Å². The molecule has 0 atom stereocenters. The van der Waals surface area contributed by atoms with Gasteiger partial charge in [-0.25, -0.2) is 9.38 Å². The molecule has 1 amide bonds. The van der Waals surface area contributed by atoms with Gasteiger partial charge in [-0.2, -0.15) is 0 Å². The number of halogens is 1. The highest BCUT2D eigenvalue weighted by molar-refractivity contribution is 6.06. The molecule has 33 heavy (non-hydrogen) atoms. The molecule has 5 nitrogen and oxygen atoms in total. The third-order valence-corrected chi connectivity index (χ3v) is 5.84. The molecule has 4 rings (SSSR count). The Morgan fingerprint density at radius 2 is 1.67 bits per heavy atom. The lowest BCUT2D eigenvalue weighted by molar-refractivity contribution is 0.0967. The molecule has 1 fully saturated rings. The molecule has 3 aromatic rings. The lowest BCUT2D eigenvalue weighted by Gasteiger charge is -2.36. The van der Waals surface area contributed by atoms with E-state index in [9.17, 15) is 9.18 Å². The highest BCUT2D eigenvalue weighted by atomic mass is 19.1. The number of hydrogen-bond donors (Lipinski definition) is 1. The normalized spacial score (nSPS) is 14.8. The highest BCUT2D eigenvalue weighted by Gasteiger charge is 2.22. The van der Waals surface area contributed by atoms with Crippen LogP contribution in [0.5, 0.6) is 0 Å². The van der Waals surface area contributed by atoms with Crippen molar-refractivity contribution < 1.29 is 9.18 Å². The van der Waals surface area contributed by atoms with E-state index in [1.54, 1.807) is 18.2 Å². The first kappa shape index (κ1) is 22.7. The molecular weight excluding hydrogens is 415 g/mol. The summed E-state index contributed by atoms with van der Waals surface area (Å²) in [5, 5.41) is 3.02. The summed E-state index contributed by atoms with van der Waals surface area (Å²) in [5.74, 6) is 0.186. The maximum absolute atomic E-state index is 14.1. The first-order valence-corrected chi connectivity index (χ1v) is 11.4. The van der Waals surface area contributed by atoms with Gasteiger partial charge >= 0.3 is 0 Å². The largest absolute Gasteiger partial charge is 0.340 e. The molecule has 1 heterocycles. The van der Waals surface area contributed by atoms with Crippen LogP contribution in [0.4, 0.5) is 10.1 Å². The fourth-order valence-electron chi connectivity index (χ4n) is 3.89. The van der Waals surface area contributed by atoms with Crippen LogP contribution in [0.2, 0.25) is 0 Å². The first-order valence-electron chi connectivity index (χ1n) is 11.4. The van der Waals surface area contributed by atoms with Gasteiger partial charge in [-0.15, -0.1) is 0 Å². The molecule has 1 aliphatic heterocycles. The van der Waals surface area contributed by atoms with Gasteiger partial charge in [-0.1, -0.05) is 55.5 Å². The molecule has 0 saturated carbocycles. The zero-order valence-electron chi connectivity index (χ0n) is 18.9. The summed E-state index contributed by atoms with van der Waals surface area (Å²) in [6, 6.07) is 24.1. The van der Waals surface area contributed by atoms with Gasteiger partial charge in [0.15, 0.2) is 0 Å². The number of rotatable bonds is 5. The molecule has 1 aliphatic rings. The van der Waals surface area contributed by atoms with E-state index in [1.807, 2.05) is 48.5 Å². The van der Waals surface area contributed by atoms with Crippen LogP contribution in [0.25, 0.3) is 0 Å². The summed E-state index contributed by atoms with van der Waals surface area (Å²) >= 11 is 0. The molecule has 1 saturated heterocycles. The van der Waals surface area contributed by atoms with Crippen molar-refractivity contribution in [1.82, 2.24) is 15.1 Å². The van der Waals surface area contributed by atoms with Gasteiger partial charge in [0.1, 0.15) is 5.82 Å². The summed E-state index contributed by atoms with van der Waals surface area (Å²) in [6.07, 6.45) is 0.920. The van der Waals surface area contributed by atoms with E-state index in [2.05, 4.69) is 28.1 Å². The van der Waals surface area contributed by atoms with Crippen LogP contribution in [-0.4, -0.2) is 47.8 Å². The number of guanidine groups is 1. The van der Waals surface area contributed by atoms with Crippen molar-refractivity contribution >= 4 is 17.6 Å². The number of aryl methyl sites for hydroxylation is 1. The molecule has 0 aliphatic carbocycles. The highest BCUT2D eigenvalue weighted by Crippen LogP contribution is 2.17. The van der Waals surface area contributed by atoms with Gasteiger partial charge < -0.3 is 4.90 Å². The van der Waals surface area contributed by atoms with Crippen LogP contribution in [-0.2, 0) is 13.0 Å². The molecule has 0 bridgehead atoms. The number of carbonyl (C=O) groups is 1. The van der Waals surface area contributed by atoms with Crippen LogP contribution < -0.4 is 5.32 Å². The second-order valence-corrected chi connectivity index (χ2v) is 8.13. The summed E-state index contributed by atoms with van der Waals surface area (Å²) in [6.45, 7) is 5.57. The third-order valence-electron chi connectivity index (χ3n) is 5.84. The van der Waals surface area contributed by atoms with Gasteiger partial charge in [0.05, 0.1) is 5.69 Å². The third kappa shape index (κ3) is 6.05.